The highest BCUT2D eigenvalue weighted by Crippen LogP contribution is 2.22. The van der Waals surface area contributed by atoms with Crippen LogP contribution in [0.4, 0.5) is 0 Å². The summed E-state index contributed by atoms with van der Waals surface area (Å²) in [6.07, 6.45) is 3.50. The normalized spacial score (nSPS) is 18.7. The maximum absolute atomic E-state index is 12.6. The fraction of sp³-hybridized carbons (Fsp3) is 0.238. The first-order chi connectivity index (χ1) is 13.2. The summed E-state index contributed by atoms with van der Waals surface area (Å²) in [4.78, 5) is 12.6. The Morgan fingerprint density at radius 3 is 2.67 bits per heavy atom. The second kappa shape index (κ2) is 7.94. The van der Waals surface area contributed by atoms with Gasteiger partial charge in [-0.05, 0) is 48.7 Å². The molecular weight excluding hydrogens is 360 g/mol. The molecule has 0 saturated heterocycles. The molecule has 4 rings (SSSR count). The first-order valence-corrected chi connectivity index (χ1v) is 9.45. The quantitative estimate of drug-likeness (QED) is 0.687. The zero-order chi connectivity index (χ0) is 18.6. The van der Waals surface area contributed by atoms with E-state index in [4.69, 9.17) is 11.6 Å². The number of halogens is 1. The van der Waals surface area contributed by atoms with Gasteiger partial charge in [0.1, 0.15) is 5.69 Å². The minimum atomic E-state index is -0.0883. The molecule has 5 nitrogen and oxygen atoms in total. The fourth-order valence-corrected chi connectivity index (χ4v) is 3.53. The number of benzene rings is 2. The van der Waals surface area contributed by atoms with Gasteiger partial charge in [-0.25, -0.2) is 4.68 Å². The van der Waals surface area contributed by atoms with Crippen LogP contribution in [0.1, 0.15) is 28.9 Å². The van der Waals surface area contributed by atoms with Crippen molar-refractivity contribution in [2.45, 2.75) is 31.5 Å². The Morgan fingerprint density at radius 2 is 1.89 bits per heavy atom. The molecule has 1 heterocycles. The third-order valence-electron chi connectivity index (χ3n) is 4.83. The Balaban J connectivity index is 1.28. The van der Waals surface area contributed by atoms with Gasteiger partial charge in [0.25, 0.3) is 5.91 Å². The lowest BCUT2D eigenvalue weighted by molar-refractivity contribution is 0.0894. The van der Waals surface area contributed by atoms with Crippen LogP contribution < -0.4 is 10.6 Å². The minimum absolute atomic E-state index is 0.0883. The average Bonchev–Trinajstić information content (AvgIpc) is 3.14. The molecule has 0 radical (unpaired) electrons. The van der Waals surface area contributed by atoms with Gasteiger partial charge in [0.15, 0.2) is 0 Å². The Kier molecular flexibility index (Phi) is 5.23. The van der Waals surface area contributed by atoms with E-state index in [0.29, 0.717) is 11.7 Å². The third kappa shape index (κ3) is 4.21. The number of aromatic nitrogens is 2. The van der Waals surface area contributed by atoms with Crippen LogP contribution in [0.5, 0.6) is 0 Å². The van der Waals surface area contributed by atoms with E-state index in [0.717, 1.165) is 30.1 Å². The van der Waals surface area contributed by atoms with E-state index in [1.165, 1.54) is 5.56 Å². The largest absolute Gasteiger partial charge is 0.348 e. The first kappa shape index (κ1) is 17.8. The van der Waals surface area contributed by atoms with Crippen molar-refractivity contribution in [2.24, 2.45) is 0 Å². The van der Waals surface area contributed by atoms with Crippen molar-refractivity contribution in [3.05, 3.63) is 83.1 Å². The summed E-state index contributed by atoms with van der Waals surface area (Å²) >= 11 is 6.01. The molecule has 2 aromatic carbocycles. The maximum Gasteiger partial charge on any atom is 0.270 e. The Bertz CT molecular complexity index is 919. The molecule has 1 aromatic heterocycles. The van der Waals surface area contributed by atoms with Crippen LogP contribution in [-0.2, 0) is 6.54 Å². The van der Waals surface area contributed by atoms with Crippen molar-refractivity contribution >= 4 is 17.5 Å². The summed E-state index contributed by atoms with van der Waals surface area (Å²) in [6, 6.07) is 19.9. The lowest BCUT2D eigenvalue weighted by atomic mass is 9.86. The van der Waals surface area contributed by atoms with E-state index in [1.54, 1.807) is 16.9 Å². The Labute approximate surface area is 163 Å². The molecule has 1 aliphatic rings. The number of rotatable bonds is 6. The molecule has 27 heavy (non-hydrogen) atoms. The maximum atomic E-state index is 12.6. The van der Waals surface area contributed by atoms with E-state index >= 15 is 0 Å². The average molecular weight is 381 g/mol. The number of carbonyl (C=O) groups is 1. The smallest absolute Gasteiger partial charge is 0.270 e. The van der Waals surface area contributed by atoms with Crippen molar-refractivity contribution in [2.75, 3.05) is 0 Å². The van der Waals surface area contributed by atoms with Gasteiger partial charge in [-0.15, -0.1) is 0 Å². The molecule has 6 heteroatoms. The summed E-state index contributed by atoms with van der Waals surface area (Å²) in [6.45, 7) is 0.784. The van der Waals surface area contributed by atoms with E-state index in [2.05, 4.69) is 21.8 Å². The summed E-state index contributed by atoms with van der Waals surface area (Å²) in [5.41, 5.74) is 2.60. The number of para-hydroxylation sites is 1. The highest BCUT2D eigenvalue weighted by atomic mass is 35.5. The van der Waals surface area contributed by atoms with Gasteiger partial charge >= 0.3 is 0 Å². The number of hydrogen-bond donors (Lipinski definition) is 2. The lowest BCUT2D eigenvalue weighted by Crippen LogP contribution is -2.52. The zero-order valence-electron chi connectivity index (χ0n) is 14.8. The highest BCUT2D eigenvalue weighted by molar-refractivity contribution is 6.30. The predicted octanol–water partition coefficient (Wildman–Crippen LogP) is 3.58. The third-order valence-corrected chi connectivity index (χ3v) is 5.07. The van der Waals surface area contributed by atoms with E-state index in [9.17, 15) is 4.79 Å². The standard InChI is InChI=1S/C21H21ClN4O/c22-16-6-4-5-15(11-16)14-23-17-12-18(13-17)25-21(27)20-9-10-24-26(20)19-7-2-1-3-8-19/h1-11,17-18,23H,12-14H2,(H,25,27). The predicted molar refractivity (Wildman–Crippen MR) is 106 cm³/mol. The minimum Gasteiger partial charge on any atom is -0.348 e. The highest BCUT2D eigenvalue weighted by Gasteiger charge is 2.30. The van der Waals surface area contributed by atoms with Gasteiger partial charge in [0.2, 0.25) is 0 Å². The van der Waals surface area contributed by atoms with Gasteiger partial charge in [0, 0.05) is 23.7 Å². The number of hydrogen-bond acceptors (Lipinski definition) is 3. The molecule has 0 atom stereocenters. The van der Waals surface area contributed by atoms with Gasteiger partial charge in [-0.1, -0.05) is 41.9 Å². The second-order valence-electron chi connectivity index (χ2n) is 6.81. The topological polar surface area (TPSA) is 59.0 Å². The van der Waals surface area contributed by atoms with Crippen molar-refractivity contribution in [1.82, 2.24) is 20.4 Å². The summed E-state index contributed by atoms with van der Waals surface area (Å²) < 4.78 is 1.67. The molecule has 1 fully saturated rings. The van der Waals surface area contributed by atoms with Crippen LogP contribution in [-0.4, -0.2) is 27.8 Å². The van der Waals surface area contributed by atoms with Crippen LogP contribution in [0.2, 0.25) is 5.02 Å². The van der Waals surface area contributed by atoms with Crippen LogP contribution in [0.15, 0.2) is 66.9 Å². The molecule has 1 amide bonds. The SMILES string of the molecule is O=C(NC1CC(NCc2cccc(Cl)c2)C1)c1ccnn1-c1ccccc1. The summed E-state index contributed by atoms with van der Waals surface area (Å²) in [5.74, 6) is -0.0883. The van der Waals surface area contributed by atoms with E-state index < -0.39 is 0 Å². The van der Waals surface area contributed by atoms with E-state index in [1.807, 2.05) is 48.5 Å². The van der Waals surface area contributed by atoms with Gasteiger partial charge < -0.3 is 10.6 Å². The number of amides is 1. The molecule has 1 aliphatic carbocycles. The summed E-state index contributed by atoms with van der Waals surface area (Å²) in [7, 11) is 0. The molecule has 3 aromatic rings. The van der Waals surface area contributed by atoms with Crippen molar-refractivity contribution in [3.63, 3.8) is 0 Å². The number of carbonyl (C=O) groups excluding carboxylic acids is 1. The summed E-state index contributed by atoms with van der Waals surface area (Å²) in [5, 5.41) is 11.6. The van der Waals surface area contributed by atoms with Crippen molar-refractivity contribution in [1.29, 1.82) is 0 Å². The van der Waals surface area contributed by atoms with E-state index in [-0.39, 0.29) is 11.9 Å². The van der Waals surface area contributed by atoms with Gasteiger partial charge in [-0.3, -0.25) is 4.79 Å². The molecular formula is C21H21ClN4O. The number of nitrogens with one attached hydrogen (secondary N) is 2. The van der Waals surface area contributed by atoms with Gasteiger partial charge in [-0.2, -0.15) is 5.10 Å². The molecule has 0 spiro atoms. The van der Waals surface area contributed by atoms with Crippen LogP contribution in [0, 0.1) is 0 Å². The van der Waals surface area contributed by atoms with Gasteiger partial charge in [0.05, 0.1) is 11.9 Å². The molecule has 2 N–H and O–H groups in total. The first-order valence-electron chi connectivity index (χ1n) is 9.07. The van der Waals surface area contributed by atoms with Crippen molar-refractivity contribution in [3.8, 4) is 5.69 Å². The lowest BCUT2D eigenvalue weighted by Gasteiger charge is -2.36. The molecule has 0 aliphatic heterocycles. The molecule has 0 bridgehead atoms. The molecule has 1 saturated carbocycles. The Morgan fingerprint density at radius 1 is 1.07 bits per heavy atom. The van der Waals surface area contributed by atoms with Crippen LogP contribution in [0.3, 0.4) is 0 Å². The zero-order valence-corrected chi connectivity index (χ0v) is 15.6. The second-order valence-corrected chi connectivity index (χ2v) is 7.25. The molecule has 0 unspecified atom stereocenters. The van der Waals surface area contributed by atoms with Crippen molar-refractivity contribution < 1.29 is 4.79 Å². The monoisotopic (exact) mass is 380 g/mol. The fourth-order valence-electron chi connectivity index (χ4n) is 3.32. The Hall–Kier alpha value is -2.63. The van der Waals surface area contributed by atoms with Crippen LogP contribution in [0.25, 0.3) is 5.69 Å². The molecule has 138 valence electrons. The van der Waals surface area contributed by atoms with Crippen LogP contribution >= 0.6 is 11.6 Å². The number of nitrogens with zero attached hydrogens (tertiary/aromatic N) is 2.